The van der Waals surface area contributed by atoms with Crippen LogP contribution in [0.1, 0.15) is 5.56 Å². The summed E-state index contributed by atoms with van der Waals surface area (Å²) in [4.78, 5) is 15.7. The lowest BCUT2D eigenvalue weighted by Gasteiger charge is -2.04. The second kappa shape index (κ2) is 6.40. The third kappa shape index (κ3) is 3.06. The molecule has 2 heterocycles. The van der Waals surface area contributed by atoms with Crippen molar-refractivity contribution in [1.82, 2.24) is 10.3 Å². The molecule has 0 spiro atoms. The van der Waals surface area contributed by atoms with Gasteiger partial charge in [0.1, 0.15) is 5.82 Å². The van der Waals surface area contributed by atoms with Gasteiger partial charge in [-0.1, -0.05) is 23.7 Å². The Morgan fingerprint density at radius 3 is 3.00 bits per heavy atom. The number of anilines is 1. The highest BCUT2D eigenvalue weighted by Crippen LogP contribution is 2.39. The Morgan fingerprint density at radius 1 is 1.43 bits per heavy atom. The number of halogens is 1. The van der Waals surface area contributed by atoms with E-state index in [2.05, 4.69) is 10.3 Å². The van der Waals surface area contributed by atoms with Crippen molar-refractivity contribution in [2.45, 2.75) is 0 Å². The molecule has 1 amide bonds. The second-order valence-electron chi connectivity index (χ2n) is 4.91. The lowest BCUT2D eigenvalue weighted by Crippen LogP contribution is -2.13. The number of nitrogen functional groups attached to an aromatic ring is 1. The first-order valence-corrected chi connectivity index (χ1v) is 8.17. The van der Waals surface area contributed by atoms with Crippen molar-refractivity contribution in [3.63, 3.8) is 0 Å². The second-order valence-corrected chi connectivity index (χ2v) is 6.23. The number of rotatable bonds is 3. The largest absolute Gasteiger partial charge is 0.383 e. The first-order chi connectivity index (χ1) is 11.1. The van der Waals surface area contributed by atoms with Crippen molar-refractivity contribution in [1.29, 1.82) is 0 Å². The van der Waals surface area contributed by atoms with Crippen molar-refractivity contribution >= 4 is 50.8 Å². The number of hydrogen-bond donors (Lipinski definition) is 2. The van der Waals surface area contributed by atoms with Crippen molar-refractivity contribution in [3.8, 4) is 11.1 Å². The van der Waals surface area contributed by atoms with Crippen LogP contribution in [0.4, 0.5) is 5.82 Å². The Kier molecular flexibility index (Phi) is 4.32. The van der Waals surface area contributed by atoms with E-state index >= 15 is 0 Å². The number of nitrogens with one attached hydrogen (secondary N) is 1. The molecule has 0 aliphatic heterocycles. The van der Waals surface area contributed by atoms with Gasteiger partial charge in [-0.25, -0.2) is 4.98 Å². The van der Waals surface area contributed by atoms with Crippen molar-refractivity contribution in [3.05, 3.63) is 52.5 Å². The average molecular weight is 344 g/mol. The minimum Gasteiger partial charge on any atom is -0.383 e. The fraction of sp³-hybridized carbons (Fsp3) is 0.0588. The smallest absolute Gasteiger partial charge is 0.243 e. The number of carbonyl (C=O) groups is 1. The van der Waals surface area contributed by atoms with Crippen molar-refractivity contribution in [2.75, 3.05) is 12.8 Å². The van der Waals surface area contributed by atoms with E-state index in [1.807, 2.05) is 29.6 Å². The maximum absolute atomic E-state index is 11.4. The van der Waals surface area contributed by atoms with E-state index in [9.17, 15) is 4.79 Å². The lowest BCUT2D eigenvalue weighted by atomic mass is 10.0. The van der Waals surface area contributed by atoms with Crippen LogP contribution in [0.25, 0.3) is 27.3 Å². The van der Waals surface area contributed by atoms with Crippen LogP contribution in [0.3, 0.4) is 0 Å². The number of likely N-dealkylation sites (N-methyl/N-ethyl adjacent to an activating group) is 1. The molecule has 0 aliphatic rings. The van der Waals surface area contributed by atoms with Crippen LogP contribution in [0.2, 0.25) is 5.02 Å². The molecule has 0 atom stereocenters. The van der Waals surface area contributed by atoms with Gasteiger partial charge in [-0.2, -0.15) is 0 Å². The number of amides is 1. The molecule has 3 rings (SSSR count). The number of carbonyl (C=O) groups excluding carboxylic acids is 1. The van der Waals surface area contributed by atoms with Gasteiger partial charge in [-0.05, 0) is 29.2 Å². The van der Waals surface area contributed by atoms with Gasteiger partial charge < -0.3 is 11.1 Å². The predicted octanol–water partition coefficient (Wildman–Crippen LogP) is 3.96. The molecule has 0 fully saturated rings. The SMILES string of the molecule is CNC(=O)C=Cc1cnc(N)c2c(-c3cccc(Cl)c3)csc12. The van der Waals surface area contributed by atoms with Crippen LogP contribution in [0, 0.1) is 0 Å². The standard InChI is InChI=1S/C17H14ClN3OS/c1-20-14(22)6-5-11-8-21-17(19)15-13(9-23-16(11)15)10-3-2-4-12(18)7-10/h2-9H,1H3,(H2,19,21)(H,20,22). The Bertz CT molecular complexity index is 917. The number of nitrogens with two attached hydrogens (primary N) is 1. The molecule has 2 aromatic heterocycles. The van der Waals surface area contributed by atoms with E-state index in [1.165, 1.54) is 6.08 Å². The summed E-state index contributed by atoms with van der Waals surface area (Å²) < 4.78 is 0.993. The van der Waals surface area contributed by atoms with E-state index < -0.39 is 0 Å². The van der Waals surface area contributed by atoms with E-state index in [0.29, 0.717) is 10.8 Å². The minimum atomic E-state index is -0.165. The summed E-state index contributed by atoms with van der Waals surface area (Å²) in [6, 6.07) is 7.62. The number of fused-ring (bicyclic) bond motifs is 1. The number of nitrogens with zero attached hydrogens (tertiary/aromatic N) is 1. The van der Waals surface area contributed by atoms with Gasteiger partial charge in [-0.15, -0.1) is 11.3 Å². The topological polar surface area (TPSA) is 68.0 Å². The van der Waals surface area contributed by atoms with Crippen LogP contribution < -0.4 is 11.1 Å². The fourth-order valence-electron chi connectivity index (χ4n) is 2.32. The van der Waals surface area contributed by atoms with Crippen LogP contribution >= 0.6 is 22.9 Å². The van der Waals surface area contributed by atoms with Gasteiger partial charge in [0.25, 0.3) is 0 Å². The van der Waals surface area contributed by atoms with Gasteiger partial charge in [0.2, 0.25) is 5.91 Å². The highest BCUT2D eigenvalue weighted by molar-refractivity contribution is 7.18. The Morgan fingerprint density at radius 2 is 2.26 bits per heavy atom. The number of thiophene rings is 1. The normalized spacial score (nSPS) is 11.2. The molecule has 3 N–H and O–H groups in total. The summed E-state index contributed by atoms with van der Waals surface area (Å²) >= 11 is 7.65. The van der Waals surface area contributed by atoms with Crippen LogP contribution in [0.5, 0.6) is 0 Å². The third-order valence-corrected chi connectivity index (χ3v) is 4.71. The summed E-state index contributed by atoms with van der Waals surface area (Å²) in [5, 5.41) is 6.14. The molecule has 6 heteroatoms. The van der Waals surface area contributed by atoms with Crippen LogP contribution in [0.15, 0.2) is 41.9 Å². The first kappa shape index (κ1) is 15.5. The molecule has 1 aromatic carbocycles. The maximum atomic E-state index is 11.4. The Balaban J connectivity index is 2.16. The molecule has 4 nitrogen and oxygen atoms in total. The first-order valence-electron chi connectivity index (χ1n) is 6.91. The number of hydrogen-bond acceptors (Lipinski definition) is 4. The highest BCUT2D eigenvalue weighted by Gasteiger charge is 2.13. The zero-order valence-electron chi connectivity index (χ0n) is 12.3. The quantitative estimate of drug-likeness (QED) is 0.707. The van der Waals surface area contributed by atoms with Crippen LogP contribution in [-0.4, -0.2) is 17.9 Å². The zero-order valence-corrected chi connectivity index (χ0v) is 13.9. The number of pyridine rings is 1. The molecule has 0 saturated carbocycles. The lowest BCUT2D eigenvalue weighted by molar-refractivity contribution is -0.115. The van der Waals surface area contributed by atoms with Gasteiger partial charge in [0.05, 0.1) is 0 Å². The van der Waals surface area contributed by atoms with Crippen LogP contribution in [-0.2, 0) is 4.79 Å². The number of aromatic nitrogens is 1. The van der Waals surface area contributed by atoms with Gasteiger partial charge in [0, 0.05) is 45.6 Å². The fourth-order valence-corrected chi connectivity index (χ4v) is 3.59. The maximum Gasteiger partial charge on any atom is 0.243 e. The predicted molar refractivity (Wildman–Crippen MR) is 97.6 cm³/mol. The molecule has 23 heavy (non-hydrogen) atoms. The summed E-state index contributed by atoms with van der Waals surface area (Å²) in [5.41, 5.74) is 8.93. The summed E-state index contributed by atoms with van der Waals surface area (Å²) in [7, 11) is 1.59. The summed E-state index contributed by atoms with van der Waals surface area (Å²) in [5.74, 6) is 0.301. The third-order valence-electron chi connectivity index (χ3n) is 3.45. The molecule has 116 valence electrons. The molecule has 3 aromatic rings. The Labute approximate surface area is 142 Å². The van der Waals surface area contributed by atoms with Crippen molar-refractivity contribution in [2.24, 2.45) is 0 Å². The highest BCUT2D eigenvalue weighted by atomic mass is 35.5. The Hall–Kier alpha value is -2.37. The monoisotopic (exact) mass is 343 g/mol. The molecule has 0 aliphatic carbocycles. The van der Waals surface area contributed by atoms with E-state index in [1.54, 1.807) is 30.7 Å². The van der Waals surface area contributed by atoms with Crippen molar-refractivity contribution < 1.29 is 4.79 Å². The average Bonchev–Trinajstić information content (AvgIpc) is 3.00. The molecule has 0 saturated heterocycles. The van der Waals surface area contributed by atoms with Gasteiger partial charge >= 0.3 is 0 Å². The molecular weight excluding hydrogens is 330 g/mol. The molecule has 0 bridgehead atoms. The zero-order chi connectivity index (χ0) is 16.4. The summed E-state index contributed by atoms with van der Waals surface area (Å²) in [6.07, 6.45) is 4.90. The summed E-state index contributed by atoms with van der Waals surface area (Å²) in [6.45, 7) is 0. The molecule has 0 radical (unpaired) electrons. The van der Waals surface area contributed by atoms with Gasteiger partial charge in [-0.3, -0.25) is 4.79 Å². The van der Waals surface area contributed by atoms with E-state index in [-0.39, 0.29) is 5.91 Å². The molecular formula is C17H14ClN3OS. The minimum absolute atomic E-state index is 0.165. The molecule has 0 unspecified atom stereocenters. The van der Waals surface area contributed by atoms with Gasteiger partial charge in [0.15, 0.2) is 0 Å². The number of benzene rings is 1. The van der Waals surface area contributed by atoms with E-state index in [4.69, 9.17) is 17.3 Å². The van der Waals surface area contributed by atoms with E-state index in [0.717, 1.165) is 26.8 Å².